The Balaban J connectivity index is 1.70. The van der Waals surface area contributed by atoms with Gasteiger partial charge in [0.05, 0.1) is 19.6 Å². The molecule has 0 aromatic rings. The predicted octanol–water partition coefficient (Wildman–Crippen LogP) is 1.97. The molecule has 0 radical (unpaired) electrons. The van der Waals surface area contributed by atoms with Gasteiger partial charge < -0.3 is 9.85 Å². The molecule has 0 N–H and O–H groups in total. The Morgan fingerprint density at radius 3 is 2.13 bits per heavy atom. The van der Waals surface area contributed by atoms with E-state index in [0.717, 1.165) is 39.0 Å². The molecule has 0 aromatic carbocycles. The van der Waals surface area contributed by atoms with Gasteiger partial charge in [0.15, 0.2) is 0 Å². The van der Waals surface area contributed by atoms with Gasteiger partial charge in [-0.15, -0.1) is 0 Å². The third kappa shape index (κ3) is 3.44. The van der Waals surface area contributed by atoms with Crippen LogP contribution >= 0.6 is 0 Å². The van der Waals surface area contributed by atoms with Crippen molar-refractivity contribution in [2.45, 2.75) is 38.5 Å². The largest absolute Gasteiger partial charge is 0.633 e. The van der Waals surface area contributed by atoms with E-state index in [2.05, 4.69) is 4.90 Å². The number of quaternary nitrogens is 1. The van der Waals surface area contributed by atoms with Crippen molar-refractivity contribution in [3.05, 3.63) is 5.21 Å². The van der Waals surface area contributed by atoms with E-state index < -0.39 is 0 Å². The molecule has 0 aromatic heterocycles. The van der Waals surface area contributed by atoms with E-state index in [0.29, 0.717) is 0 Å². The van der Waals surface area contributed by atoms with Gasteiger partial charge in [-0.3, -0.25) is 4.90 Å². The van der Waals surface area contributed by atoms with E-state index in [1.807, 2.05) is 0 Å². The lowest BCUT2D eigenvalue weighted by Gasteiger charge is -2.46. The molecule has 2 aliphatic rings. The standard InChI is InChI=1S/C12H24N2O/c15-14(10-5-2-6-11-14)12-9-13-7-3-1-4-8-13/h1-12H2. The maximum Gasteiger partial charge on any atom is 0.0913 e. The van der Waals surface area contributed by atoms with Gasteiger partial charge in [-0.05, 0) is 45.2 Å². The SMILES string of the molecule is [O-][N+]1(CCN2CCCCC2)CCCCC1. The topological polar surface area (TPSA) is 26.3 Å². The Kier molecular flexibility index (Phi) is 4.00. The van der Waals surface area contributed by atoms with Crippen LogP contribution in [0.5, 0.6) is 0 Å². The number of hydrogen-bond donors (Lipinski definition) is 0. The lowest BCUT2D eigenvalue weighted by molar-refractivity contribution is -0.884. The molecule has 2 aliphatic heterocycles. The van der Waals surface area contributed by atoms with Gasteiger partial charge in [0, 0.05) is 6.54 Å². The van der Waals surface area contributed by atoms with Gasteiger partial charge in [-0.2, -0.15) is 0 Å². The molecular formula is C12H24N2O. The molecule has 0 aliphatic carbocycles. The molecule has 2 saturated heterocycles. The van der Waals surface area contributed by atoms with E-state index in [1.54, 1.807) is 0 Å². The van der Waals surface area contributed by atoms with Gasteiger partial charge in [-0.1, -0.05) is 6.42 Å². The van der Waals surface area contributed by atoms with Crippen molar-refractivity contribution >= 4 is 0 Å². The summed E-state index contributed by atoms with van der Waals surface area (Å²) >= 11 is 0. The van der Waals surface area contributed by atoms with Crippen LogP contribution in [0, 0.1) is 5.21 Å². The van der Waals surface area contributed by atoms with Gasteiger partial charge in [0.1, 0.15) is 0 Å². The summed E-state index contributed by atoms with van der Waals surface area (Å²) in [4.78, 5) is 2.48. The first-order valence-corrected chi connectivity index (χ1v) is 6.58. The second-order valence-electron chi connectivity index (χ2n) is 5.19. The number of likely N-dealkylation sites (tertiary alicyclic amines) is 2. The highest BCUT2D eigenvalue weighted by Gasteiger charge is 2.21. The van der Waals surface area contributed by atoms with Crippen LogP contribution in [-0.2, 0) is 0 Å². The summed E-state index contributed by atoms with van der Waals surface area (Å²) in [7, 11) is 0. The van der Waals surface area contributed by atoms with Crippen molar-refractivity contribution < 1.29 is 4.65 Å². The van der Waals surface area contributed by atoms with E-state index in [9.17, 15) is 5.21 Å². The first-order chi connectivity index (χ1) is 7.29. The summed E-state index contributed by atoms with van der Waals surface area (Å²) in [5.74, 6) is 0. The highest BCUT2D eigenvalue weighted by molar-refractivity contribution is 4.65. The summed E-state index contributed by atoms with van der Waals surface area (Å²) in [6.45, 7) is 6.05. The lowest BCUT2D eigenvalue weighted by Crippen LogP contribution is -2.50. The van der Waals surface area contributed by atoms with Crippen molar-refractivity contribution in [2.24, 2.45) is 0 Å². The monoisotopic (exact) mass is 212 g/mol. The second-order valence-corrected chi connectivity index (χ2v) is 5.19. The zero-order valence-electron chi connectivity index (χ0n) is 9.79. The van der Waals surface area contributed by atoms with E-state index >= 15 is 0 Å². The number of rotatable bonds is 3. The molecule has 0 saturated carbocycles. The van der Waals surface area contributed by atoms with Crippen molar-refractivity contribution in [1.29, 1.82) is 0 Å². The Labute approximate surface area is 93.2 Å². The predicted molar refractivity (Wildman–Crippen MR) is 62.4 cm³/mol. The van der Waals surface area contributed by atoms with Crippen LogP contribution in [0.15, 0.2) is 0 Å². The van der Waals surface area contributed by atoms with Gasteiger partial charge in [-0.25, -0.2) is 0 Å². The van der Waals surface area contributed by atoms with E-state index in [-0.39, 0.29) is 4.65 Å². The van der Waals surface area contributed by atoms with E-state index in [4.69, 9.17) is 0 Å². The Bertz CT molecular complexity index is 184. The number of hydrogen-bond acceptors (Lipinski definition) is 2. The Hall–Kier alpha value is -0.120. The summed E-state index contributed by atoms with van der Waals surface area (Å²) in [6.07, 6.45) is 7.60. The van der Waals surface area contributed by atoms with Gasteiger partial charge in [0.2, 0.25) is 0 Å². The first kappa shape index (κ1) is 11.4. The molecular weight excluding hydrogens is 188 g/mol. The minimum absolute atomic E-state index is 0.0938. The van der Waals surface area contributed by atoms with Crippen LogP contribution < -0.4 is 0 Å². The molecule has 2 fully saturated rings. The first-order valence-electron chi connectivity index (χ1n) is 6.58. The highest BCUT2D eigenvalue weighted by Crippen LogP contribution is 2.17. The molecule has 2 rings (SSSR count). The van der Waals surface area contributed by atoms with Crippen molar-refractivity contribution in [2.75, 3.05) is 39.3 Å². The molecule has 0 atom stereocenters. The zero-order chi connectivity index (χ0) is 10.6. The zero-order valence-corrected chi connectivity index (χ0v) is 9.79. The van der Waals surface area contributed by atoms with Gasteiger partial charge in [0.25, 0.3) is 0 Å². The minimum atomic E-state index is 0.0938. The minimum Gasteiger partial charge on any atom is -0.633 e. The summed E-state index contributed by atoms with van der Waals surface area (Å²) in [5, 5.41) is 12.3. The average Bonchev–Trinajstić information content (AvgIpc) is 2.29. The van der Waals surface area contributed by atoms with Crippen LogP contribution in [0.1, 0.15) is 38.5 Å². The quantitative estimate of drug-likeness (QED) is 0.528. The summed E-state index contributed by atoms with van der Waals surface area (Å²) in [6, 6.07) is 0. The number of nitrogens with zero attached hydrogens (tertiary/aromatic N) is 2. The molecule has 0 spiro atoms. The summed E-state index contributed by atoms with van der Waals surface area (Å²) in [5.41, 5.74) is 0. The van der Waals surface area contributed by atoms with Gasteiger partial charge >= 0.3 is 0 Å². The van der Waals surface area contributed by atoms with Crippen LogP contribution in [0.4, 0.5) is 0 Å². The Morgan fingerprint density at radius 2 is 1.47 bits per heavy atom. The van der Waals surface area contributed by atoms with Crippen molar-refractivity contribution in [3.8, 4) is 0 Å². The Morgan fingerprint density at radius 1 is 0.867 bits per heavy atom. The fourth-order valence-electron chi connectivity index (χ4n) is 2.82. The van der Waals surface area contributed by atoms with Crippen LogP contribution in [0.25, 0.3) is 0 Å². The maximum atomic E-state index is 12.3. The third-order valence-corrected chi connectivity index (χ3v) is 3.90. The van der Waals surface area contributed by atoms with E-state index in [1.165, 1.54) is 38.8 Å². The maximum absolute atomic E-state index is 12.3. The fraction of sp³-hybridized carbons (Fsp3) is 1.00. The van der Waals surface area contributed by atoms with Crippen LogP contribution in [0.2, 0.25) is 0 Å². The molecule has 3 nitrogen and oxygen atoms in total. The highest BCUT2D eigenvalue weighted by atomic mass is 16.5. The normalized spacial score (nSPS) is 27.8. The number of piperidine rings is 2. The lowest BCUT2D eigenvalue weighted by atomic mass is 10.1. The molecule has 88 valence electrons. The number of hydroxylamine groups is 3. The third-order valence-electron chi connectivity index (χ3n) is 3.90. The van der Waals surface area contributed by atoms with Crippen LogP contribution in [-0.4, -0.2) is 48.8 Å². The molecule has 0 amide bonds. The second kappa shape index (κ2) is 5.28. The van der Waals surface area contributed by atoms with Crippen LogP contribution in [0.3, 0.4) is 0 Å². The molecule has 3 heteroatoms. The smallest absolute Gasteiger partial charge is 0.0913 e. The molecule has 0 bridgehead atoms. The average molecular weight is 212 g/mol. The van der Waals surface area contributed by atoms with Crippen molar-refractivity contribution in [3.63, 3.8) is 0 Å². The molecule has 15 heavy (non-hydrogen) atoms. The summed E-state index contributed by atoms with van der Waals surface area (Å²) < 4.78 is 0.0938. The molecule has 0 unspecified atom stereocenters. The fourth-order valence-corrected chi connectivity index (χ4v) is 2.82. The molecule has 2 heterocycles. The van der Waals surface area contributed by atoms with Crippen molar-refractivity contribution in [1.82, 2.24) is 4.90 Å².